The van der Waals surface area contributed by atoms with Crippen molar-refractivity contribution in [2.75, 3.05) is 6.61 Å². The molecule has 4 unspecified atom stereocenters. The molecule has 0 saturated carbocycles. The van der Waals surface area contributed by atoms with E-state index in [0.29, 0.717) is 6.61 Å². The van der Waals surface area contributed by atoms with Gasteiger partial charge in [-0.15, -0.1) is 0 Å². The Balaban J connectivity index is 1.77. The van der Waals surface area contributed by atoms with Gasteiger partial charge in [0.25, 0.3) is 8.32 Å². The highest BCUT2D eigenvalue weighted by Crippen LogP contribution is 2.36. The second-order valence-corrected chi connectivity index (χ2v) is 12.8. The van der Waals surface area contributed by atoms with Crippen LogP contribution in [0.4, 0.5) is 0 Å². The molecular formula is C25H31NO5Si. The summed E-state index contributed by atoms with van der Waals surface area (Å²) in [6.45, 7) is 9.92. The van der Waals surface area contributed by atoms with Gasteiger partial charge in [0.05, 0.1) is 12.7 Å². The maximum Gasteiger partial charge on any atom is 0.253 e. The van der Waals surface area contributed by atoms with Crippen LogP contribution in [-0.4, -0.2) is 50.9 Å². The summed E-state index contributed by atoms with van der Waals surface area (Å²) in [5.41, 5.74) is 0. The Morgan fingerprint density at radius 3 is 1.94 bits per heavy atom. The molecule has 0 amide bonds. The van der Waals surface area contributed by atoms with E-state index in [2.05, 4.69) is 36.9 Å². The molecule has 32 heavy (non-hydrogen) atoms. The molecular weight excluding hydrogens is 422 g/mol. The van der Waals surface area contributed by atoms with Crippen molar-refractivity contribution in [3.05, 3.63) is 60.7 Å². The van der Waals surface area contributed by atoms with Crippen molar-refractivity contribution >= 4 is 18.7 Å². The van der Waals surface area contributed by atoms with Crippen LogP contribution in [0.1, 0.15) is 27.7 Å². The van der Waals surface area contributed by atoms with E-state index in [9.17, 15) is 5.26 Å². The van der Waals surface area contributed by atoms with Crippen molar-refractivity contribution in [3.63, 3.8) is 0 Å². The molecule has 4 rings (SSSR count). The van der Waals surface area contributed by atoms with Gasteiger partial charge in [0.2, 0.25) is 0 Å². The van der Waals surface area contributed by atoms with E-state index >= 15 is 0 Å². The third-order valence-corrected chi connectivity index (χ3v) is 9.61. The highest BCUT2D eigenvalue weighted by Gasteiger charge is 2.53. The molecule has 2 fully saturated rings. The van der Waals surface area contributed by atoms with E-state index in [1.165, 1.54) is 0 Å². The zero-order chi connectivity index (χ0) is 23.0. The van der Waals surface area contributed by atoms with Crippen molar-refractivity contribution in [2.24, 2.45) is 0 Å². The van der Waals surface area contributed by atoms with Crippen molar-refractivity contribution < 1.29 is 23.4 Å². The minimum absolute atomic E-state index is 0.351. The zero-order valence-corrected chi connectivity index (χ0v) is 20.3. The van der Waals surface area contributed by atoms with Crippen LogP contribution in [0.15, 0.2) is 60.7 Å². The Bertz CT molecular complexity index is 920. The summed E-state index contributed by atoms with van der Waals surface area (Å²) < 4.78 is 31.3. The Labute approximate surface area is 191 Å². The van der Waals surface area contributed by atoms with Gasteiger partial charge in [0, 0.05) is 0 Å². The van der Waals surface area contributed by atoms with Gasteiger partial charge in [0.1, 0.15) is 18.3 Å². The second-order valence-electron chi connectivity index (χ2n) is 9.36. The summed E-state index contributed by atoms with van der Waals surface area (Å²) in [6, 6.07) is 22.8. The molecule has 2 heterocycles. The molecule has 7 heteroatoms. The van der Waals surface area contributed by atoms with Gasteiger partial charge < -0.3 is 23.4 Å². The Kier molecular flexibility index (Phi) is 6.29. The predicted octanol–water partition coefficient (Wildman–Crippen LogP) is 2.96. The first-order valence-electron chi connectivity index (χ1n) is 11.0. The molecule has 4 atom stereocenters. The van der Waals surface area contributed by atoms with Gasteiger partial charge in [-0.1, -0.05) is 60.7 Å². The largest absolute Gasteiger partial charge is 0.400 e. The first-order chi connectivity index (χ1) is 15.1. The van der Waals surface area contributed by atoms with E-state index < -0.39 is 44.3 Å². The van der Waals surface area contributed by atoms with Gasteiger partial charge in [0.15, 0.2) is 17.7 Å². The van der Waals surface area contributed by atoms with Crippen LogP contribution < -0.4 is 10.4 Å². The van der Waals surface area contributed by atoms with E-state index in [1.54, 1.807) is 0 Å². The van der Waals surface area contributed by atoms with Gasteiger partial charge in [-0.2, -0.15) is 5.26 Å². The van der Waals surface area contributed by atoms with Crippen LogP contribution in [0.25, 0.3) is 0 Å². The molecule has 0 bridgehead atoms. The fraction of sp³-hybridized carbons (Fsp3) is 0.480. The quantitative estimate of drug-likeness (QED) is 0.627. The topological polar surface area (TPSA) is 69.9 Å². The molecule has 2 aromatic carbocycles. The molecule has 0 spiro atoms. The van der Waals surface area contributed by atoms with Crippen LogP contribution in [0.3, 0.4) is 0 Å². The minimum Gasteiger partial charge on any atom is -0.400 e. The standard InChI is InChI=1S/C25H31NO5Si/c1-24(2)27-17-21(29-24)23(22-20(16-26)28-25(3,4)30-22)31-32(5,18-12-8-6-9-13-18)19-14-10-7-11-15-19/h6-15,20-23H,17H2,1-5H3. The lowest BCUT2D eigenvalue weighted by Gasteiger charge is -2.38. The van der Waals surface area contributed by atoms with Crippen molar-refractivity contribution in [3.8, 4) is 6.07 Å². The average Bonchev–Trinajstić information content (AvgIpc) is 3.30. The van der Waals surface area contributed by atoms with E-state index in [1.807, 2.05) is 64.1 Å². The lowest BCUT2D eigenvalue weighted by Crippen LogP contribution is -2.63. The molecule has 2 saturated heterocycles. The summed E-state index contributed by atoms with van der Waals surface area (Å²) in [5.74, 6) is -1.63. The summed E-state index contributed by atoms with van der Waals surface area (Å²) in [7, 11) is -2.72. The van der Waals surface area contributed by atoms with Crippen LogP contribution >= 0.6 is 0 Å². The van der Waals surface area contributed by atoms with Gasteiger partial charge in [-0.3, -0.25) is 0 Å². The van der Waals surface area contributed by atoms with Crippen LogP contribution in [0, 0.1) is 11.3 Å². The number of ether oxygens (including phenoxy) is 4. The fourth-order valence-corrected chi connectivity index (χ4v) is 7.54. The Morgan fingerprint density at radius 1 is 0.906 bits per heavy atom. The highest BCUT2D eigenvalue weighted by molar-refractivity contribution is 6.96. The molecule has 2 aliphatic heterocycles. The van der Waals surface area contributed by atoms with Gasteiger partial charge in [-0.25, -0.2) is 0 Å². The minimum atomic E-state index is -2.72. The number of nitrogens with zero attached hydrogens (tertiary/aromatic N) is 1. The third-order valence-electron chi connectivity index (χ3n) is 6.00. The van der Waals surface area contributed by atoms with E-state index in [0.717, 1.165) is 10.4 Å². The Morgan fingerprint density at radius 2 is 1.47 bits per heavy atom. The molecule has 170 valence electrons. The maximum atomic E-state index is 9.82. The summed E-state index contributed by atoms with van der Waals surface area (Å²) in [6.07, 6.45) is -2.34. The molecule has 0 aliphatic carbocycles. The number of hydrogen-bond acceptors (Lipinski definition) is 6. The predicted molar refractivity (Wildman–Crippen MR) is 123 cm³/mol. The number of rotatable bonds is 6. The first-order valence-corrected chi connectivity index (χ1v) is 13.4. The summed E-state index contributed by atoms with van der Waals surface area (Å²) >= 11 is 0. The highest BCUT2D eigenvalue weighted by atomic mass is 28.4. The summed E-state index contributed by atoms with van der Waals surface area (Å²) in [5, 5.41) is 12.1. The number of nitriles is 1. The molecule has 2 aromatic rings. The van der Waals surface area contributed by atoms with Gasteiger partial charge >= 0.3 is 0 Å². The van der Waals surface area contributed by atoms with E-state index in [4.69, 9.17) is 23.4 Å². The molecule has 6 nitrogen and oxygen atoms in total. The molecule has 0 aromatic heterocycles. The fourth-order valence-electron chi connectivity index (χ4n) is 4.45. The number of benzene rings is 2. The lowest BCUT2D eigenvalue weighted by atomic mass is 10.0. The smallest absolute Gasteiger partial charge is 0.253 e. The van der Waals surface area contributed by atoms with Crippen molar-refractivity contribution in [1.82, 2.24) is 0 Å². The molecule has 0 radical (unpaired) electrons. The SMILES string of the molecule is CC1(C)OCC(C(O[Si](C)(c2ccccc2)c2ccccc2)C2OC(C)(C)OC2C#N)O1. The second kappa shape index (κ2) is 8.71. The monoisotopic (exact) mass is 453 g/mol. The molecule has 0 N–H and O–H groups in total. The first kappa shape index (κ1) is 23.1. The van der Waals surface area contributed by atoms with Crippen LogP contribution in [0.2, 0.25) is 6.55 Å². The summed E-state index contributed by atoms with van der Waals surface area (Å²) in [4.78, 5) is 0. The van der Waals surface area contributed by atoms with E-state index in [-0.39, 0.29) is 0 Å². The third kappa shape index (κ3) is 4.67. The van der Waals surface area contributed by atoms with Crippen LogP contribution in [-0.2, 0) is 23.4 Å². The molecule has 2 aliphatic rings. The van der Waals surface area contributed by atoms with Crippen LogP contribution in [0.5, 0.6) is 0 Å². The van der Waals surface area contributed by atoms with Crippen molar-refractivity contribution in [2.45, 2.75) is 70.2 Å². The number of hydrogen-bond donors (Lipinski definition) is 0. The van der Waals surface area contributed by atoms with Gasteiger partial charge in [-0.05, 0) is 44.6 Å². The average molecular weight is 454 g/mol. The maximum absolute atomic E-state index is 9.82. The normalized spacial score (nSPS) is 27.7. The zero-order valence-electron chi connectivity index (χ0n) is 19.3. The van der Waals surface area contributed by atoms with Crippen molar-refractivity contribution in [1.29, 1.82) is 5.26 Å². The lowest BCUT2D eigenvalue weighted by molar-refractivity contribution is -0.175. The Hall–Kier alpha value is -2.05.